The van der Waals surface area contributed by atoms with E-state index in [-0.39, 0.29) is 11.2 Å². The Bertz CT molecular complexity index is 424. The van der Waals surface area contributed by atoms with Gasteiger partial charge in [-0.3, -0.25) is 4.79 Å². The molecule has 0 saturated carbocycles. The van der Waals surface area contributed by atoms with Crippen LogP contribution in [0.1, 0.15) is 38.6 Å². The van der Waals surface area contributed by atoms with Crippen molar-refractivity contribution >= 4 is 17.7 Å². The highest BCUT2D eigenvalue weighted by atomic mass is 32.2. The number of ether oxygens (including phenoxy) is 1. The number of esters is 1. The van der Waals surface area contributed by atoms with Crippen LogP contribution in [0.5, 0.6) is 0 Å². The molecule has 5 nitrogen and oxygen atoms in total. The van der Waals surface area contributed by atoms with Crippen LogP contribution in [0.4, 0.5) is 0 Å². The topological polar surface area (TPSA) is 78.4 Å². The van der Waals surface area contributed by atoms with Gasteiger partial charge >= 0.3 is 5.97 Å². The molecule has 1 aromatic heterocycles. The molecule has 0 aliphatic heterocycles. The predicted molar refractivity (Wildman–Crippen MR) is 75.1 cm³/mol. The molecular formula is C13H22N2O3S. The molecular weight excluding hydrogens is 264 g/mol. The molecule has 0 aliphatic carbocycles. The number of nitrogens with two attached hydrogens (primary N) is 1. The van der Waals surface area contributed by atoms with E-state index in [0.29, 0.717) is 18.3 Å². The van der Waals surface area contributed by atoms with Crippen molar-refractivity contribution in [2.45, 2.75) is 57.1 Å². The molecule has 0 fully saturated rings. The first-order chi connectivity index (χ1) is 8.76. The molecule has 0 spiro atoms. The Kier molecular flexibility index (Phi) is 5.43. The zero-order valence-corrected chi connectivity index (χ0v) is 13.0. The largest absolute Gasteiger partial charge is 0.465 e. The van der Waals surface area contributed by atoms with Crippen LogP contribution in [0.2, 0.25) is 0 Å². The molecule has 0 amide bonds. The standard InChI is InChI=1S/C13H22N2O3S/c1-6-17-11(16)13(5,14)7-8(2)19-12-15-9(3)10(4)18-12/h8H,6-7,14H2,1-5H3. The quantitative estimate of drug-likeness (QED) is 0.639. The summed E-state index contributed by atoms with van der Waals surface area (Å²) in [5, 5.41) is 0.721. The summed E-state index contributed by atoms with van der Waals surface area (Å²) in [6.45, 7) is 9.57. The third kappa shape index (κ3) is 4.54. The minimum Gasteiger partial charge on any atom is -0.465 e. The summed E-state index contributed by atoms with van der Waals surface area (Å²) in [7, 11) is 0. The van der Waals surface area contributed by atoms with Crippen LogP contribution in [0, 0.1) is 13.8 Å². The lowest BCUT2D eigenvalue weighted by atomic mass is 9.98. The van der Waals surface area contributed by atoms with Crippen LogP contribution in [0.25, 0.3) is 0 Å². The Labute approximate surface area is 118 Å². The maximum Gasteiger partial charge on any atom is 0.325 e. The summed E-state index contributed by atoms with van der Waals surface area (Å²) in [4.78, 5) is 16.0. The lowest BCUT2D eigenvalue weighted by molar-refractivity contribution is -0.149. The van der Waals surface area contributed by atoms with Gasteiger partial charge in [-0.2, -0.15) is 0 Å². The Balaban J connectivity index is 2.59. The van der Waals surface area contributed by atoms with Crippen molar-refractivity contribution < 1.29 is 13.9 Å². The average molecular weight is 286 g/mol. The van der Waals surface area contributed by atoms with E-state index < -0.39 is 5.54 Å². The molecule has 0 bridgehead atoms. The van der Waals surface area contributed by atoms with Gasteiger partial charge in [0.2, 0.25) is 0 Å². The van der Waals surface area contributed by atoms with E-state index in [4.69, 9.17) is 14.9 Å². The molecule has 2 unspecified atom stereocenters. The molecule has 2 N–H and O–H groups in total. The van der Waals surface area contributed by atoms with Crippen molar-refractivity contribution in [1.29, 1.82) is 0 Å². The Hall–Kier alpha value is -1.01. The van der Waals surface area contributed by atoms with Crippen LogP contribution in [0.3, 0.4) is 0 Å². The van der Waals surface area contributed by atoms with E-state index in [1.54, 1.807) is 13.8 Å². The summed E-state index contributed by atoms with van der Waals surface area (Å²) in [6.07, 6.45) is 0.497. The second-order valence-electron chi connectivity index (χ2n) is 4.89. The van der Waals surface area contributed by atoms with E-state index in [2.05, 4.69) is 4.98 Å². The highest BCUT2D eigenvalue weighted by molar-refractivity contribution is 7.99. The van der Waals surface area contributed by atoms with Gasteiger partial charge in [-0.05, 0) is 34.1 Å². The number of carbonyl (C=O) groups is 1. The number of nitrogens with zero attached hydrogens (tertiary/aromatic N) is 1. The van der Waals surface area contributed by atoms with Crippen molar-refractivity contribution in [2.75, 3.05) is 6.61 Å². The normalized spacial score (nSPS) is 15.9. The molecule has 1 heterocycles. The molecule has 108 valence electrons. The van der Waals surface area contributed by atoms with Gasteiger partial charge in [-0.1, -0.05) is 18.7 Å². The highest BCUT2D eigenvalue weighted by Crippen LogP contribution is 2.29. The summed E-state index contributed by atoms with van der Waals surface area (Å²) < 4.78 is 10.5. The maximum atomic E-state index is 11.7. The van der Waals surface area contributed by atoms with Crippen LogP contribution < -0.4 is 5.73 Å². The number of hydrogen-bond donors (Lipinski definition) is 1. The van der Waals surface area contributed by atoms with E-state index in [0.717, 1.165) is 11.5 Å². The van der Waals surface area contributed by atoms with Crippen LogP contribution in [0.15, 0.2) is 9.64 Å². The molecule has 2 atom stereocenters. The Morgan fingerprint density at radius 1 is 1.58 bits per heavy atom. The number of hydrogen-bond acceptors (Lipinski definition) is 6. The molecule has 0 aliphatic rings. The minimum absolute atomic E-state index is 0.108. The first-order valence-corrected chi connectivity index (χ1v) is 7.21. The molecule has 6 heteroatoms. The fourth-order valence-electron chi connectivity index (χ4n) is 1.68. The van der Waals surface area contributed by atoms with E-state index in [1.807, 2.05) is 20.8 Å². The number of thioether (sulfide) groups is 1. The van der Waals surface area contributed by atoms with Gasteiger partial charge in [-0.15, -0.1) is 0 Å². The number of oxazole rings is 1. The van der Waals surface area contributed by atoms with Crippen molar-refractivity contribution in [3.8, 4) is 0 Å². The highest BCUT2D eigenvalue weighted by Gasteiger charge is 2.32. The maximum absolute atomic E-state index is 11.7. The third-order valence-corrected chi connectivity index (χ3v) is 3.71. The van der Waals surface area contributed by atoms with Gasteiger partial charge in [0.1, 0.15) is 11.3 Å². The summed E-state index contributed by atoms with van der Waals surface area (Å²) in [5.41, 5.74) is 5.89. The molecule has 0 saturated heterocycles. The van der Waals surface area contributed by atoms with Gasteiger partial charge < -0.3 is 14.9 Å². The monoisotopic (exact) mass is 286 g/mol. The van der Waals surface area contributed by atoms with Gasteiger partial charge in [0.15, 0.2) is 0 Å². The third-order valence-electron chi connectivity index (χ3n) is 2.76. The Morgan fingerprint density at radius 3 is 2.68 bits per heavy atom. The first kappa shape index (κ1) is 16.0. The number of rotatable bonds is 6. The van der Waals surface area contributed by atoms with Crippen LogP contribution >= 0.6 is 11.8 Å². The fourth-order valence-corrected chi connectivity index (χ4v) is 2.82. The van der Waals surface area contributed by atoms with Gasteiger partial charge in [0.05, 0.1) is 12.3 Å². The van der Waals surface area contributed by atoms with Gasteiger partial charge in [-0.25, -0.2) is 4.98 Å². The minimum atomic E-state index is -0.987. The second-order valence-corrected chi connectivity index (χ2v) is 6.28. The molecule has 0 radical (unpaired) electrons. The first-order valence-electron chi connectivity index (χ1n) is 6.33. The van der Waals surface area contributed by atoms with Gasteiger partial charge in [0, 0.05) is 5.25 Å². The summed E-state index contributed by atoms with van der Waals surface area (Å²) >= 11 is 1.48. The molecule has 1 aromatic rings. The average Bonchev–Trinajstić information content (AvgIpc) is 2.57. The fraction of sp³-hybridized carbons (Fsp3) is 0.692. The smallest absolute Gasteiger partial charge is 0.325 e. The Morgan fingerprint density at radius 2 is 2.21 bits per heavy atom. The second kappa shape index (κ2) is 6.43. The SMILES string of the molecule is CCOC(=O)C(C)(N)CC(C)Sc1nc(C)c(C)o1. The van der Waals surface area contributed by atoms with Crippen molar-refractivity contribution in [3.05, 3.63) is 11.5 Å². The number of carbonyl (C=O) groups excluding carboxylic acids is 1. The van der Waals surface area contributed by atoms with Crippen LogP contribution in [-0.4, -0.2) is 28.3 Å². The molecule has 1 rings (SSSR count). The zero-order valence-electron chi connectivity index (χ0n) is 12.1. The zero-order chi connectivity index (χ0) is 14.6. The molecule has 0 aromatic carbocycles. The summed E-state index contributed by atoms with van der Waals surface area (Å²) in [6, 6.07) is 0. The van der Waals surface area contributed by atoms with Crippen molar-refractivity contribution in [1.82, 2.24) is 4.98 Å². The summed E-state index contributed by atoms with van der Waals surface area (Å²) in [5.74, 6) is 0.442. The van der Waals surface area contributed by atoms with E-state index >= 15 is 0 Å². The van der Waals surface area contributed by atoms with Crippen molar-refractivity contribution in [2.24, 2.45) is 5.73 Å². The van der Waals surface area contributed by atoms with E-state index in [9.17, 15) is 4.79 Å². The number of aryl methyl sites for hydroxylation is 2. The lowest BCUT2D eigenvalue weighted by Crippen LogP contribution is -2.47. The van der Waals surface area contributed by atoms with E-state index in [1.165, 1.54) is 11.8 Å². The van der Waals surface area contributed by atoms with Gasteiger partial charge in [0.25, 0.3) is 5.22 Å². The molecule has 19 heavy (non-hydrogen) atoms. The number of aromatic nitrogens is 1. The van der Waals surface area contributed by atoms with Crippen molar-refractivity contribution in [3.63, 3.8) is 0 Å². The lowest BCUT2D eigenvalue weighted by Gasteiger charge is -2.24. The van der Waals surface area contributed by atoms with Crippen LogP contribution in [-0.2, 0) is 9.53 Å². The predicted octanol–water partition coefficient (Wildman–Crippen LogP) is 2.44.